The molecule has 7 aromatic rings. The first-order chi connectivity index (χ1) is 21.4. The van der Waals surface area contributed by atoms with E-state index in [-0.39, 0.29) is 25.5 Å². The van der Waals surface area contributed by atoms with Gasteiger partial charge in [-0.05, 0) is 71.5 Å². The summed E-state index contributed by atoms with van der Waals surface area (Å²) in [5.74, 6) is 0. The fraction of sp³-hybridized carbons (Fsp3) is 0.175. The van der Waals surface area contributed by atoms with Crippen molar-refractivity contribution >= 4 is 22.1 Å². The average molecular weight is 766 g/mol. The Balaban J connectivity index is 0.000000258. The van der Waals surface area contributed by atoms with Gasteiger partial charge in [-0.1, -0.05) is 80.3 Å². The molecule has 5 heteroatoms. The van der Waals surface area contributed by atoms with E-state index in [2.05, 4.69) is 93.3 Å². The molecule has 0 fully saturated rings. The van der Waals surface area contributed by atoms with Crippen LogP contribution >= 0.6 is 0 Å². The molecule has 0 aliphatic carbocycles. The molecule has 227 valence electrons. The number of fused-ring (bicyclic) bond motifs is 3. The minimum Gasteiger partial charge on any atom is -0.486 e. The fourth-order valence-electron chi connectivity index (χ4n) is 5.45. The zero-order valence-corrected chi connectivity index (χ0v) is 28.4. The maximum Gasteiger partial charge on any atom is 0.216 e. The smallest absolute Gasteiger partial charge is 0.216 e. The Morgan fingerprint density at radius 2 is 1.53 bits per heavy atom. The molecule has 0 atom stereocenters. The molecular weight excluding hydrogens is 731 g/mol. The summed E-state index contributed by atoms with van der Waals surface area (Å²) in [5.41, 5.74) is 10.1. The average Bonchev–Trinajstić information content (AvgIpc) is 3.43. The molecule has 45 heavy (non-hydrogen) atoms. The van der Waals surface area contributed by atoms with Gasteiger partial charge in [0, 0.05) is 43.6 Å². The van der Waals surface area contributed by atoms with E-state index in [0.717, 1.165) is 57.4 Å². The van der Waals surface area contributed by atoms with Gasteiger partial charge in [-0.2, -0.15) is 0 Å². The Labute approximate surface area is 279 Å². The summed E-state index contributed by atoms with van der Waals surface area (Å²) in [6.07, 6.45) is 5.58. The van der Waals surface area contributed by atoms with E-state index < -0.39 is 0 Å². The second-order valence-corrected chi connectivity index (χ2v) is 12.0. The molecule has 0 aliphatic rings. The molecule has 4 aromatic heterocycles. The van der Waals surface area contributed by atoms with Gasteiger partial charge in [0.2, 0.25) is 5.71 Å². The van der Waals surface area contributed by atoms with Crippen molar-refractivity contribution in [3.8, 4) is 22.5 Å². The first-order valence-electron chi connectivity index (χ1n) is 15.0. The van der Waals surface area contributed by atoms with Crippen LogP contribution in [0.15, 0.2) is 120 Å². The van der Waals surface area contributed by atoms with Crippen molar-refractivity contribution < 1.29 is 24.5 Å². The number of hydrogen-bond acceptors (Lipinski definition) is 4. The predicted octanol–water partition coefficient (Wildman–Crippen LogP) is 9.78. The normalized spacial score (nSPS) is 11.1. The van der Waals surface area contributed by atoms with E-state index in [1.54, 1.807) is 6.20 Å². The zero-order chi connectivity index (χ0) is 30.5. The van der Waals surface area contributed by atoms with Crippen LogP contribution in [0.4, 0.5) is 0 Å². The molecule has 0 bridgehead atoms. The molecule has 4 nitrogen and oxygen atoms in total. The van der Waals surface area contributed by atoms with Gasteiger partial charge in [0.1, 0.15) is 0 Å². The molecule has 0 saturated heterocycles. The van der Waals surface area contributed by atoms with E-state index in [0.29, 0.717) is 5.71 Å². The maximum atomic E-state index is 6.30. The largest absolute Gasteiger partial charge is 0.486 e. The van der Waals surface area contributed by atoms with Crippen molar-refractivity contribution in [1.29, 1.82) is 0 Å². The summed E-state index contributed by atoms with van der Waals surface area (Å²) >= 11 is 0. The number of hydrogen-bond donors (Lipinski definition) is 0. The topological polar surface area (TPSA) is 51.8 Å². The minimum atomic E-state index is 0. The number of benzene rings is 3. The van der Waals surface area contributed by atoms with Crippen LogP contribution in [-0.4, -0.2) is 15.0 Å². The molecule has 0 spiro atoms. The Kier molecular flexibility index (Phi) is 10.0. The van der Waals surface area contributed by atoms with Gasteiger partial charge in [-0.25, -0.2) is 4.98 Å². The molecular formula is C40H35IrN3O-2. The Bertz CT molecular complexity index is 1960. The zero-order valence-electron chi connectivity index (χ0n) is 26.0. The van der Waals surface area contributed by atoms with Gasteiger partial charge in [-0.3, -0.25) is 0 Å². The second kappa shape index (κ2) is 14.1. The van der Waals surface area contributed by atoms with Crippen LogP contribution in [0.2, 0.25) is 0 Å². The summed E-state index contributed by atoms with van der Waals surface area (Å²) in [4.78, 5) is 13.8. The minimum absolute atomic E-state index is 0. The monoisotopic (exact) mass is 766 g/mol. The van der Waals surface area contributed by atoms with Gasteiger partial charge in [0.15, 0.2) is 0 Å². The van der Waals surface area contributed by atoms with Gasteiger partial charge in [0.05, 0.1) is 5.58 Å². The summed E-state index contributed by atoms with van der Waals surface area (Å²) in [5, 5.41) is 2.08. The van der Waals surface area contributed by atoms with Crippen molar-refractivity contribution in [1.82, 2.24) is 15.0 Å². The van der Waals surface area contributed by atoms with Crippen molar-refractivity contribution in [2.24, 2.45) is 0 Å². The Morgan fingerprint density at radius 1 is 0.733 bits per heavy atom. The first kappa shape index (κ1) is 32.0. The number of rotatable bonds is 5. The number of nitrogens with zero attached hydrogens (tertiary/aromatic N) is 3. The summed E-state index contributed by atoms with van der Waals surface area (Å²) in [6, 6.07) is 41.1. The number of pyridine rings is 3. The number of furan rings is 1. The predicted molar refractivity (Wildman–Crippen MR) is 179 cm³/mol. The molecule has 0 amide bonds. The Morgan fingerprint density at radius 3 is 2.27 bits per heavy atom. The third-order valence-corrected chi connectivity index (χ3v) is 7.69. The number of aryl methyl sites for hydroxylation is 3. The fourth-order valence-corrected chi connectivity index (χ4v) is 5.45. The van der Waals surface area contributed by atoms with Crippen LogP contribution in [0.5, 0.6) is 0 Å². The van der Waals surface area contributed by atoms with Crippen molar-refractivity contribution in [2.45, 2.75) is 46.0 Å². The molecule has 7 rings (SSSR count). The standard InChI is InChI=1S/C29H27N2O.C11H8N.Ir/c1-19-18-30-26(17-25(19)29(2,3)4)24-12-8-11-22-23-16-15-21(31-28(23)32-27(22)24)14-13-20-9-6-5-7-10-20;1-2-6-10(7-3-1)11-8-4-5-9-12-11;/h5-11,15-18H,13-14H2,1-4H3;1-6,8-9H;/q2*-1;. The summed E-state index contributed by atoms with van der Waals surface area (Å²) < 4.78 is 6.30. The molecule has 4 heterocycles. The maximum absolute atomic E-state index is 6.30. The van der Waals surface area contributed by atoms with Crippen LogP contribution in [0.1, 0.15) is 43.2 Å². The molecule has 1 radical (unpaired) electrons. The third kappa shape index (κ3) is 7.45. The van der Waals surface area contributed by atoms with E-state index in [1.165, 1.54) is 16.7 Å². The van der Waals surface area contributed by atoms with Crippen LogP contribution < -0.4 is 0 Å². The van der Waals surface area contributed by atoms with Gasteiger partial charge < -0.3 is 14.4 Å². The molecule has 3 aromatic carbocycles. The van der Waals surface area contributed by atoms with E-state index in [4.69, 9.17) is 14.4 Å². The summed E-state index contributed by atoms with van der Waals surface area (Å²) in [7, 11) is 0. The Hall–Kier alpha value is -4.44. The van der Waals surface area contributed by atoms with E-state index in [1.807, 2.05) is 60.8 Å². The molecule has 0 N–H and O–H groups in total. The summed E-state index contributed by atoms with van der Waals surface area (Å²) in [6.45, 7) is 8.80. The van der Waals surface area contributed by atoms with Crippen LogP contribution in [0.3, 0.4) is 0 Å². The van der Waals surface area contributed by atoms with Gasteiger partial charge in [0.25, 0.3) is 0 Å². The quantitative estimate of drug-likeness (QED) is 0.164. The van der Waals surface area contributed by atoms with Crippen LogP contribution in [-0.2, 0) is 38.4 Å². The number of aromatic nitrogens is 3. The van der Waals surface area contributed by atoms with E-state index in [9.17, 15) is 0 Å². The molecule has 0 saturated carbocycles. The van der Waals surface area contributed by atoms with E-state index >= 15 is 0 Å². The second-order valence-electron chi connectivity index (χ2n) is 12.0. The molecule has 0 unspecified atom stereocenters. The van der Waals surface area contributed by atoms with Crippen LogP contribution in [0.25, 0.3) is 44.6 Å². The van der Waals surface area contributed by atoms with Gasteiger partial charge >= 0.3 is 0 Å². The first-order valence-corrected chi connectivity index (χ1v) is 15.0. The third-order valence-electron chi connectivity index (χ3n) is 7.69. The SMILES string of the molecule is Cc1cnc(-c2[c-]ccc3c2oc2nc(CCc4ccccc4)ccc23)cc1C(C)(C)C.[Ir].[c-]1ccccc1-c1ccccn1. The van der Waals surface area contributed by atoms with Crippen LogP contribution in [0, 0.1) is 19.1 Å². The van der Waals surface area contributed by atoms with Crippen molar-refractivity contribution in [2.75, 3.05) is 0 Å². The van der Waals surface area contributed by atoms with Crippen molar-refractivity contribution in [3.63, 3.8) is 0 Å². The van der Waals surface area contributed by atoms with Crippen molar-refractivity contribution in [3.05, 3.63) is 150 Å². The molecule has 0 aliphatic heterocycles. The van der Waals surface area contributed by atoms with Gasteiger partial charge in [-0.15, -0.1) is 54.1 Å².